The molecule has 0 bridgehead atoms. The van der Waals surface area contributed by atoms with Crippen molar-refractivity contribution >= 4 is 13.7 Å². The molecule has 16 heavy (non-hydrogen) atoms. The molecule has 1 aromatic rings. The van der Waals surface area contributed by atoms with E-state index in [-0.39, 0.29) is 5.73 Å². The van der Waals surface area contributed by atoms with Gasteiger partial charge in [0.1, 0.15) is 5.73 Å². The first kappa shape index (κ1) is 11.8. The Morgan fingerprint density at radius 1 is 1.19 bits per heavy atom. The lowest BCUT2D eigenvalue weighted by molar-refractivity contribution is 0.110. The molecule has 4 heteroatoms. The van der Waals surface area contributed by atoms with Gasteiger partial charge >= 0.3 is 8.56 Å². The molecule has 0 aromatic heterocycles. The van der Waals surface area contributed by atoms with Crippen molar-refractivity contribution in [2.75, 3.05) is 20.8 Å². The lowest BCUT2D eigenvalue weighted by Gasteiger charge is -2.32. The quantitative estimate of drug-likeness (QED) is 0.741. The van der Waals surface area contributed by atoms with Crippen LogP contribution in [-0.4, -0.2) is 35.1 Å². The molecule has 0 spiro atoms. The van der Waals surface area contributed by atoms with Crippen LogP contribution in [0.3, 0.4) is 0 Å². The van der Waals surface area contributed by atoms with Gasteiger partial charge in [-0.05, 0) is 18.0 Å². The Hall–Kier alpha value is -0.683. The lowest BCUT2D eigenvalue weighted by Crippen LogP contribution is -2.61. The molecule has 1 saturated heterocycles. The lowest BCUT2D eigenvalue weighted by atomic mass is 10.4. The van der Waals surface area contributed by atoms with Crippen molar-refractivity contribution in [3.63, 3.8) is 0 Å². The number of ether oxygens (including phenoxy) is 1. The molecule has 1 aliphatic heterocycles. The fourth-order valence-electron chi connectivity index (χ4n) is 2.32. The normalized spacial score (nSPS) is 21.2. The molecule has 1 aliphatic rings. The summed E-state index contributed by atoms with van der Waals surface area (Å²) in [5, 5.41) is 1.15. The van der Waals surface area contributed by atoms with E-state index < -0.39 is 8.56 Å². The van der Waals surface area contributed by atoms with E-state index in [2.05, 4.69) is 12.1 Å². The molecule has 0 amide bonds. The summed E-state index contributed by atoms with van der Waals surface area (Å²) < 4.78 is 17.3. The van der Waals surface area contributed by atoms with E-state index in [0.29, 0.717) is 0 Å². The first-order valence-electron chi connectivity index (χ1n) is 5.61. The third-order valence-corrected chi connectivity index (χ3v) is 6.79. The molecular formula is C12H18O3Si. The molecule has 1 fully saturated rings. The minimum atomic E-state index is -2.41. The highest BCUT2D eigenvalue weighted by molar-refractivity contribution is 6.82. The molecular weight excluding hydrogens is 220 g/mol. The molecule has 0 radical (unpaired) electrons. The van der Waals surface area contributed by atoms with E-state index >= 15 is 0 Å². The molecule has 0 saturated carbocycles. The minimum Gasteiger partial charge on any atom is -0.393 e. The Balaban J connectivity index is 2.34. The second kappa shape index (κ2) is 5.10. The molecule has 1 unspecified atom stereocenters. The summed E-state index contributed by atoms with van der Waals surface area (Å²) in [5.74, 6) is 0. The maximum absolute atomic E-state index is 5.77. The Morgan fingerprint density at radius 3 is 2.38 bits per heavy atom. The topological polar surface area (TPSA) is 27.7 Å². The Kier molecular flexibility index (Phi) is 3.76. The first-order valence-corrected chi connectivity index (χ1v) is 7.50. The zero-order chi connectivity index (χ0) is 11.4. The zero-order valence-corrected chi connectivity index (χ0v) is 10.8. The van der Waals surface area contributed by atoms with E-state index in [1.54, 1.807) is 14.2 Å². The van der Waals surface area contributed by atoms with E-state index in [4.69, 9.17) is 13.6 Å². The largest absolute Gasteiger partial charge is 0.401 e. The molecule has 2 rings (SSSR count). The van der Waals surface area contributed by atoms with Crippen molar-refractivity contribution in [1.29, 1.82) is 0 Å². The van der Waals surface area contributed by atoms with E-state index in [9.17, 15) is 0 Å². The van der Waals surface area contributed by atoms with E-state index in [1.807, 2.05) is 18.2 Å². The second-order valence-electron chi connectivity index (χ2n) is 3.94. The number of rotatable bonds is 4. The van der Waals surface area contributed by atoms with Crippen LogP contribution >= 0.6 is 0 Å². The van der Waals surface area contributed by atoms with Crippen molar-refractivity contribution in [2.24, 2.45) is 0 Å². The van der Waals surface area contributed by atoms with E-state index in [0.717, 1.165) is 24.6 Å². The predicted molar refractivity (Wildman–Crippen MR) is 64.8 cm³/mol. The molecule has 88 valence electrons. The summed E-state index contributed by atoms with van der Waals surface area (Å²) in [4.78, 5) is 0. The van der Waals surface area contributed by atoms with Crippen molar-refractivity contribution in [3.8, 4) is 0 Å². The number of hydrogen-bond acceptors (Lipinski definition) is 3. The minimum absolute atomic E-state index is 0.116. The summed E-state index contributed by atoms with van der Waals surface area (Å²) in [7, 11) is 1.04. The van der Waals surface area contributed by atoms with Gasteiger partial charge in [0.25, 0.3) is 0 Å². The molecule has 0 aliphatic carbocycles. The maximum Gasteiger partial charge on any atom is 0.401 e. The van der Waals surface area contributed by atoms with Gasteiger partial charge in [-0.25, -0.2) is 0 Å². The van der Waals surface area contributed by atoms with Crippen LogP contribution in [0.2, 0.25) is 0 Å². The SMILES string of the molecule is CO[Si](OC)(c1ccccc1)C1CCCO1. The van der Waals surface area contributed by atoms with Crippen LogP contribution in [-0.2, 0) is 13.6 Å². The van der Waals surface area contributed by atoms with E-state index in [1.165, 1.54) is 0 Å². The summed E-state index contributed by atoms with van der Waals surface area (Å²) in [5.41, 5.74) is 0.116. The fourth-order valence-corrected chi connectivity index (χ4v) is 5.43. The number of benzene rings is 1. The number of hydrogen-bond donors (Lipinski definition) is 0. The van der Waals surface area contributed by atoms with Crippen molar-refractivity contribution in [3.05, 3.63) is 30.3 Å². The van der Waals surface area contributed by atoms with Crippen LogP contribution in [0.5, 0.6) is 0 Å². The van der Waals surface area contributed by atoms with Gasteiger partial charge in [0.15, 0.2) is 0 Å². The molecule has 1 heterocycles. The van der Waals surface area contributed by atoms with Gasteiger partial charge in [0, 0.05) is 20.8 Å². The van der Waals surface area contributed by atoms with Crippen molar-refractivity contribution in [2.45, 2.75) is 18.6 Å². The van der Waals surface area contributed by atoms with Crippen LogP contribution in [0.25, 0.3) is 0 Å². The average molecular weight is 238 g/mol. The Morgan fingerprint density at radius 2 is 1.88 bits per heavy atom. The third-order valence-electron chi connectivity index (χ3n) is 3.14. The van der Waals surface area contributed by atoms with Crippen LogP contribution in [0.1, 0.15) is 12.8 Å². The molecule has 1 aromatic carbocycles. The zero-order valence-electron chi connectivity index (χ0n) is 9.81. The summed E-state index contributed by atoms with van der Waals surface area (Å²) >= 11 is 0. The van der Waals surface area contributed by atoms with Crippen molar-refractivity contribution < 1.29 is 13.6 Å². The Bertz CT molecular complexity index is 318. The van der Waals surface area contributed by atoms with Gasteiger partial charge in [-0.3, -0.25) is 0 Å². The van der Waals surface area contributed by atoms with Gasteiger partial charge in [0.05, 0.1) is 0 Å². The van der Waals surface area contributed by atoms with Crippen molar-refractivity contribution in [1.82, 2.24) is 0 Å². The average Bonchev–Trinajstić information content (AvgIpc) is 2.87. The molecule has 1 atom stereocenters. The van der Waals surface area contributed by atoms with Gasteiger partial charge in [-0.15, -0.1) is 0 Å². The Labute approximate surface area is 97.6 Å². The van der Waals surface area contributed by atoms with Gasteiger partial charge in [-0.1, -0.05) is 30.3 Å². The highest BCUT2D eigenvalue weighted by Crippen LogP contribution is 2.23. The van der Waals surface area contributed by atoms with Gasteiger partial charge in [0.2, 0.25) is 0 Å². The summed E-state index contributed by atoms with van der Waals surface area (Å²) in [6.45, 7) is 0.818. The molecule has 3 nitrogen and oxygen atoms in total. The highest BCUT2D eigenvalue weighted by atomic mass is 28.4. The summed E-state index contributed by atoms with van der Waals surface area (Å²) in [6, 6.07) is 10.2. The van der Waals surface area contributed by atoms with Crippen LogP contribution in [0.4, 0.5) is 0 Å². The van der Waals surface area contributed by atoms with Gasteiger partial charge < -0.3 is 13.6 Å². The highest BCUT2D eigenvalue weighted by Gasteiger charge is 2.49. The smallest absolute Gasteiger partial charge is 0.393 e. The third kappa shape index (κ3) is 1.93. The van der Waals surface area contributed by atoms with Crippen LogP contribution in [0.15, 0.2) is 30.3 Å². The summed E-state index contributed by atoms with van der Waals surface area (Å²) in [6.07, 6.45) is 2.13. The standard InChI is InChI=1S/C12H18O3Si/c1-13-16(14-2,12-9-6-10-15-12)11-7-4-3-5-8-11/h3-5,7-8,12H,6,9-10H2,1-2H3. The van der Waals surface area contributed by atoms with Crippen LogP contribution in [0, 0.1) is 0 Å². The monoisotopic (exact) mass is 238 g/mol. The van der Waals surface area contributed by atoms with Crippen LogP contribution < -0.4 is 5.19 Å². The van der Waals surface area contributed by atoms with Gasteiger partial charge in [-0.2, -0.15) is 0 Å². The predicted octanol–water partition coefficient (Wildman–Crippen LogP) is 1.35. The first-order chi connectivity index (χ1) is 7.83. The maximum atomic E-state index is 5.77. The second-order valence-corrected chi connectivity index (χ2v) is 7.32. The molecule has 0 N–H and O–H groups in total. The fraction of sp³-hybridized carbons (Fsp3) is 0.500.